The number of carbonyl (C=O) groups excluding carboxylic acids is 1. The highest BCUT2D eigenvalue weighted by molar-refractivity contribution is 7.92. The second kappa shape index (κ2) is 8.86. The molecule has 4 rings (SSSR count). The van der Waals surface area contributed by atoms with Crippen molar-refractivity contribution in [2.24, 2.45) is 0 Å². The smallest absolute Gasteiger partial charge is 0.308 e. The van der Waals surface area contributed by atoms with Crippen LogP contribution in [0.4, 0.5) is 21.9 Å². The van der Waals surface area contributed by atoms with E-state index in [0.717, 1.165) is 4.31 Å². The minimum Gasteiger partial charge on any atom is -0.308 e. The summed E-state index contributed by atoms with van der Waals surface area (Å²) in [6.07, 6.45) is 5.68. The Bertz CT molecular complexity index is 1310. The third kappa shape index (κ3) is 4.57. The zero-order valence-corrected chi connectivity index (χ0v) is 17.8. The van der Waals surface area contributed by atoms with Crippen LogP contribution in [0.5, 0.6) is 0 Å². The Balaban J connectivity index is 1.45. The van der Waals surface area contributed by atoms with Gasteiger partial charge in [0, 0.05) is 30.8 Å². The molecule has 0 fully saturated rings. The summed E-state index contributed by atoms with van der Waals surface area (Å²) < 4.78 is 28.4. The average Bonchev–Trinajstić information content (AvgIpc) is 3.32. The fraction of sp³-hybridized carbons (Fsp3) is 0.0476. The molecule has 162 valence electrons. The summed E-state index contributed by atoms with van der Waals surface area (Å²) in [6, 6.07) is 16.7. The molecule has 0 spiro atoms. The minimum atomic E-state index is -3.86. The Morgan fingerprint density at radius 3 is 2.19 bits per heavy atom. The van der Waals surface area contributed by atoms with Gasteiger partial charge in [-0.3, -0.25) is 4.31 Å². The first kappa shape index (κ1) is 21.0. The second-order valence-corrected chi connectivity index (χ2v) is 8.60. The average molecular weight is 449 g/mol. The van der Waals surface area contributed by atoms with Gasteiger partial charge in [0.1, 0.15) is 4.90 Å². The van der Waals surface area contributed by atoms with E-state index in [1.807, 2.05) is 18.2 Å². The van der Waals surface area contributed by atoms with Gasteiger partial charge < -0.3 is 10.6 Å². The van der Waals surface area contributed by atoms with Crippen LogP contribution in [-0.2, 0) is 10.0 Å². The fourth-order valence-electron chi connectivity index (χ4n) is 2.82. The first-order valence-electron chi connectivity index (χ1n) is 9.47. The molecule has 0 aliphatic heterocycles. The zero-order valence-electron chi connectivity index (χ0n) is 17.0. The van der Waals surface area contributed by atoms with Crippen LogP contribution in [0.1, 0.15) is 0 Å². The number of amides is 2. The van der Waals surface area contributed by atoms with E-state index < -0.39 is 16.1 Å². The Morgan fingerprint density at radius 2 is 1.53 bits per heavy atom. The molecule has 0 unspecified atom stereocenters. The predicted molar refractivity (Wildman–Crippen MR) is 120 cm³/mol. The molecule has 0 radical (unpaired) electrons. The number of sulfonamides is 1. The summed E-state index contributed by atoms with van der Waals surface area (Å²) in [4.78, 5) is 20.2. The van der Waals surface area contributed by atoms with Gasteiger partial charge in [-0.05, 0) is 42.5 Å². The summed E-state index contributed by atoms with van der Waals surface area (Å²) in [5.74, 6) is 0.265. The Labute approximate surface area is 184 Å². The topological polar surface area (TPSA) is 122 Å². The molecule has 0 saturated carbocycles. The van der Waals surface area contributed by atoms with Crippen LogP contribution < -0.4 is 14.9 Å². The lowest BCUT2D eigenvalue weighted by Crippen LogP contribution is -2.26. The maximum absolute atomic E-state index is 13.0. The van der Waals surface area contributed by atoms with E-state index in [1.165, 1.54) is 24.1 Å². The first-order chi connectivity index (χ1) is 15.4. The van der Waals surface area contributed by atoms with Crippen molar-refractivity contribution in [1.29, 1.82) is 0 Å². The molecule has 2 heterocycles. The van der Waals surface area contributed by atoms with Crippen molar-refractivity contribution in [3.05, 3.63) is 85.5 Å². The molecule has 0 saturated heterocycles. The number of para-hydroxylation sites is 1. The molecule has 2 aromatic heterocycles. The van der Waals surface area contributed by atoms with E-state index >= 15 is 0 Å². The van der Waals surface area contributed by atoms with Crippen LogP contribution >= 0.6 is 0 Å². The monoisotopic (exact) mass is 449 g/mol. The van der Waals surface area contributed by atoms with Gasteiger partial charge in [0.2, 0.25) is 5.95 Å². The van der Waals surface area contributed by atoms with Gasteiger partial charge >= 0.3 is 6.03 Å². The number of nitrogens with zero attached hydrogens (tertiary/aromatic N) is 5. The Morgan fingerprint density at radius 1 is 0.906 bits per heavy atom. The maximum atomic E-state index is 13.0. The number of benzene rings is 2. The van der Waals surface area contributed by atoms with Gasteiger partial charge in [-0.25, -0.2) is 27.9 Å². The summed E-state index contributed by atoms with van der Waals surface area (Å²) in [5.41, 5.74) is 1.60. The van der Waals surface area contributed by atoms with Crippen molar-refractivity contribution in [2.75, 3.05) is 22.0 Å². The van der Waals surface area contributed by atoms with E-state index in [9.17, 15) is 13.2 Å². The molecule has 0 aliphatic rings. The molecule has 0 atom stereocenters. The van der Waals surface area contributed by atoms with Crippen LogP contribution in [0.25, 0.3) is 5.95 Å². The van der Waals surface area contributed by atoms with E-state index in [1.54, 1.807) is 54.9 Å². The predicted octanol–water partition coefficient (Wildman–Crippen LogP) is 3.13. The normalized spacial score (nSPS) is 11.0. The van der Waals surface area contributed by atoms with E-state index in [0.29, 0.717) is 17.1 Å². The third-order valence-corrected chi connectivity index (χ3v) is 6.23. The van der Waals surface area contributed by atoms with Gasteiger partial charge in [0.25, 0.3) is 10.0 Å². The van der Waals surface area contributed by atoms with Crippen LogP contribution in [0.2, 0.25) is 0 Å². The standard InChI is InChI=1S/C21H19N7O3S/c1-27(32(30,31)19-14-24-28(15-19)20-22-12-5-13-23-20)18-10-8-17(9-11-18)26-21(29)25-16-6-3-2-4-7-16/h2-15H,1H3,(H2,25,26,29). The number of nitrogens with one attached hydrogen (secondary N) is 2. The van der Waals surface area contributed by atoms with Gasteiger partial charge in [0.05, 0.1) is 18.1 Å². The lowest BCUT2D eigenvalue weighted by atomic mass is 10.3. The SMILES string of the molecule is CN(c1ccc(NC(=O)Nc2ccccc2)cc1)S(=O)(=O)c1cnn(-c2ncccn2)c1. The number of hydrogen-bond donors (Lipinski definition) is 2. The van der Waals surface area contributed by atoms with Gasteiger partial charge in [0.15, 0.2) is 0 Å². The van der Waals surface area contributed by atoms with E-state index in [2.05, 4.69) is 25.7 Å². The Kier molecular flexibility index (Phi) is 5.81. The van der Waals surface area contributed by atoms with Crippen molar-refractivity contribution in [1.82, 2.24) is 19.7 Å². The molecule has 0 aliphatic carbocycles. The van der Waals surface area contributed by atoms with Gasteiger partial charge in [-0.2, -0.15) is 5.10 Å². The van der Waals surface area contributed by atoms with Crippen molar-refractivity contribution >= 4 is 33.1 Å². The molecule has 10 nitrogen and oxygen atoms in total. The van der Waals surface area contributed by atoms with Crippen molar-refractivity contribution in [3.63, 3.8) is 0 Å². The van der Waals surface area contributed by atoms with E-state index in [-0.39, 0.29) is 10.8 Å². The van der Waals surface area contributed by atoms with Crippen molar-refractivity contribution in [3.8, 4) is 5.95 Å². The highest BCUT2D eigenvalue weighted by Gasteiger charge is 2.23. The number of hydrogen-bond acceptors (Lipinski definition) is 6. The number of carbonyl (C=O) groups is 1. The summed E-state index contributed by atoms with van der Waals surface area (Å²) in [6.45, 7) is 0. The largest absolute Gasteiger partial charge is 0.323 e. The molecule has 32 heavy (non-hydrogen) atoms. The maximum Gasteiger partial charge on any atom is 0.323 e. The quantitative estimate of drug-likeness (QED) is 0.466. The molecule has 2 N–H and O–H groups in total. The van der Waals surface area contributed by atoms with Crippen molar-refractivity contribution < 1.29 is 13.2 Å². The number of aromatic nitrogens is 4. The minimum absolute atomic E-state index is 0.00288. The molecule has 0 bridgehead atoms. The Hall–Kier alpha value is -4.25. The lowest BCUT2D eigenvalue weighted by molar-refractivity contribution is 0.262. The molecular formula is C21H19N7O3S. The highest BCUT2D eigenvalue weighted by Crippen LogP contribution is 2.24. The van der Waals surface area contributed by atoms with Crippen LogP contribution in [0, 0.1) is 0 Å². The number of urea groups is 1. The molecule has 2 aromatic carbocycles. The lowest BCUT2D eigenvalue weighted by Gasteiger charge is -2.18. The number of rotatable bonds is 6. The molecule has 2 amide bonds. The highest BCUT2D eigenvalue weighted by atomic mass is 32.2. The first-order valence-corrected chi connectivity index (χ1v) is 10.9. The van der Waals surface area contributed by atoms with Crippen LogP contribution in [-0.4, -0.2) is 41.2 Å². The third-order valence-electron chi connectivity index (χ3n) is 4.49. The zero-order chi connectivity index (χ0) is 22.6. The fourth-order valence-corrected chi connectivity index (χ4v) is 3.95. The number of anilines is 3. The summed E-state index contributed by atoms with van der Waals surface area (Å²) in [7, 11) is -2.42. The van der Waals surface area contributed by atoms with Crippen LogP contribution in [0.3, 0.4) is 0 Å². The molecular weight excluding hydrogens is 430 g/mol. The van der Waals surface area contributed by atoms with Gasteiger partial charge in [-0.1, -0.05) is 18.2 Å². The van der Waals surface area contributed by atoms with Crippen molar-refractivity contribution in [2.45, 2.75) is 4.90 Å². The summed E-state index contributed by atoms with van der Waals surface area (Å²) in [5, 5.41) is 9.46. The molecule has 11 heteroatoms. The summed E-state index contributed by atoms with van der Waals surface area (Å²) >= 11 is 0. The van der Waals surface area contributed by atoms with Crippen LogP contribution in [0.15, 0.2) is 90.3 Å². The molecule has 4 aromatic rings. The van der Waals surface area contributed by atoms with Gasteiger partial charge in [-0.15, -0.1) is 0 Å². The van der Waals surface area contributed by atoms with E-state index in [4.69, 9.17) is 0 Å². The second-order valence-electron chi connectivity index (χ2n) is 6.63.